The molecule has 1 unspecified atom stereocenters. The van der Waals surface area contributed by atoms with Gasteiger partial charge in [0.1, 0.15) is 12.4 Å². The van der Waals surface area contributed by atoms with Crippen LogP contribution >= 0.6 is 0 Å². The summed E-state index contributed by atoms with van der Waals surface area (Å²) in [4.78, 5) is 0. The van der Waals surface area contributed by atoms with Gasteiger partial charge in [0.2, 0.25) is 0 Å². The third-order valence-corrected chi connectivity index (χ3v) is 5.21. The van der Waals surface area contributed by atoms with Crippen molar-refractivity contribution in [3.63, 3.8) is 0 Å². The van der Waals surface area contributed by atoms with E-state index in [1.165, 1.54) is 17.5 Å². The Morgan fingerprint density at radius 2 is 1.76 bits per heavy atom. The molecular weight excluding hydrogens is 308 g/mol. The lowest BCUT2D eigenvalue weighted by atomic mass is 9.78. The number of benzene rings is 2. The van der Waals surface area contributed by atoms with Crippen molar-refractivity contribution in [2.24, 2.45) is 5.92 Å². The molecule has 0 amide bonds. The summed E-state index contributed by atoms with van der Waals surface area (Å²) in [7, 11) is 0. The van der Waals surface area contributed by atoms with E-state index in [-0.39, 0.29) is 5.41 Å². The van der Waals surface area contributed by atoms with E-state index in [0.29, 0.717) is 6.61 Å². The molecule has 0 aliphatic carbocycles. The molecule has 3 nitrogen and oxygen atoms in total. The summed E-state index contributed by atoms with van der Waals surface area (Å²) >= 11 is 0. The molecule has 2 aromatic rings. The van der Waals surface area contributed by atoms with Crippen LogP contribution in [0, 0.1) is 5.92 Å². The average molecular weight is 338 g/mol. The fourth-order valence-electron chi connectivity index (χ4n) is 3.43. The van der Waals surface area contributed by atoms with Crippen LogP contribution in [0.25, 0.3) is 0 Å². The third-order valence-electron chi connectivity index (χ3n) is 5.21. The second-order valence-corrected chi connectivity index (χ2v) is 7.43. The standard InChI is InChI=1S/C22H30N2O/c1-22(2,19-6-4-3-5-7-19)20-8-10-21(11-9-20)25-15-14-24-17-18-12-13-23-16-18/h3-11,18,23-24H,12-17H2,1-2H3. The van der Waals surface area contributed by atoms with Crippen LogP contribution in [0.1, 0.15) is 31.4 Å². The van der Waals surface area contributed by atoms with Crippen molar-refractivity contribution in [1.82, 2.24) is 10.6 Å². The van der Waals surface area contributed by atoms with Crippen LogP contribution in [-0.4, -0.2) is 32.8 Å². The van der Waals surface area contributed by atoms with E-state index < -0.39 is 0 Å². The molecule has 1 aliphatic rings. The van der Waals surface area contributed by atoms with Crippen LogP contribution < -0.4 is 15.4 Å². The molecule has 0 radical (unpaired) electrons. The number of rotatable bonds is 8. The number of ether oxygens (including phenoxy) is 1. The van der Waals surface area contributed by atoms with Gasteiger partial charge in [-0.1, -0.05) is 56.3 Å². The Bertz CT molecular complexity index is 631. The molecule has 3 rings (SSSR count). The first-order valence-corrected chi connectivity index (χ1v) is 9.36. The minimum atomic E-state index is -0.00331. The molecule has 25 heavy (non-hydrogen) atoms. The molecule has 1 saturated heterocycles. The topological polar surface area (TPSA) is 33.3 Å². The van der Waals surface area contributed by atoms with Gasteiger partial charge in [0.25, 0.3) is 0 Å². The van der Waals surface area contributed by atoms with E-state index >= 15 is 0 Å². The molecule has 1 atom stereocenters. The fourth-order valence-corrected chi connectivity index (χ4v) is 3.43. The zero-order valence-electron chi connectivity index (χ0n) is 15.4. The van der Waals surface area contributed by atoms with Crippen LogP contribution in [0.3, 0.4) is 0 Å². The Morgan fingerprint density at radius 3 is 2.44 bits per heavy atom. The molecule has 1 fully saturated rings. The molecule has 0 aromatic heterocycles. The normalized spacial score (nSPS) is 17.6. The van der Waals surface area contributed by atoms with E-state index in [1.807, 2.05) is 0 Å². The van der Waals surface area contributed by atoms with Gasteiger partial charge >= 0.3 is 0 Å². The van der Waals surface area contributed by atoms with Gasteiger partial charge in [-0.15, -0.1) is 0 Å². The Kier molecular flexibility index (Phi) is 6.11. The van der Waals surface area contributed by atoms with Gasteiger partial charge in [-0.25, -0.2) is 0 Å². The van der Waals surface area contributed by atoms with Gasteiger partial charge in [-0.05, 0) is 55.2 Å². The van der Waals surface area contributed by atoms with Crippen LogP contribution in [-0.2, 0) is 5.41 Å². The van der Waals surface area contributed by atoms with Crippen LogP contribution in [0.2, 0.25) is 0 Å². The highest BCUT2D eigenvalue weighted by atomic mass is 16.5. The fraction of sp³-hybridized carbons (Fsp3) is 0.455. The maximum atomic E-state index is 5.87. The predicted molar refractivity (Wildman–Crippen MR) is 104 cm³/mol. The number of hydrogen-bond acceptors (Lipinski definition) is 3. The van der Waals surface area contributed by atoms with E-state index in [4.69, 9.17) is 4.74 Å². The second-order valence-electron chi connectivity index (χ2n) is 7.43. The predicted octanol–water partition coefficient (Wildman–Crippen LogP) is 3.59. The van der Waals surface area contributed by atoms with E-state index in [9.17, 15) is 0 Å². The van der Waals surface area contributed by atoms with Crippen molar-refractivity contribution in [2.75, 3.05) is 32.8 Å². The lowest BCUT2D eigenvalue weighted by Crippen LogP contribution is -2.28. The van der Waals surface area contributed by atoms with Gasteiger partial charge in [-0.2, -0.15) is 0 Å². The van der Waals surface area contributed by atoms with E-state index in [2.05, 4.69) is 79.1 Å². The van der Waals surface area contributed by atoms with Gasteiger partial charge in [0.15, 0.2) is 0 Å². The lowest BCUT2D eigenvalue weighted by Gasteiger charge is -2.26. The zero-order valence-corrected chi connectivity index (χ0v) is 15.4. The third kappa shape index (κ3) is 4.83. The Labute approximate surface area is 151 Å². The van der Waals surface area contributed by atoms with Crippen molar-refractivity contribution in [3.8, 4) is 5.75 Å². The molecule has 134 valence electrons. The Balaban J connectivity index is 1.47. The second kappa shape index (κ2) is 8.50. The molecule has 2 N–H and O–H groups in total. The SMILES string of the molecule is CC(C)(c1ccccc1)c1ccc(OCCNCC2CCNC2)cc1. The molecule has 3 heteroatoms. The van der Waals surface area contributed by atoms with Crippen molar-refractivity contribution in [2.45, 2.75) is 25.7 Å². The summed E-state index contributed by atoms with van der Waals surface area (Å²) in [6.45, 7) is 9.52. The maximum absolute atomic E-state index is 5.87. The maximum Gasteiger partial charge on any atom is 0.119 e. The lowest BCUT2D eigenvalue weighted by molar-refractivity contribution is 0.309. The largest absolute Gasteiger partial charge is 0.492 e. The number of nitrogens with one attached hydrogen (secondary N) is 2. The summed E-state index contributed by atoms with van der Waals surface area (Å²) in [5.74, 6) is 1.72. The average Bonchev–Trinajstić information content (AvgIpc) is 3.16. The summed E-state index contributed by atoms with van der Waals surface area (Å²) in [6, 6.07) is 19.2. The van der Waals surface area contributed by atoms with Crippen LogP contribution in [0.5, 0.6) is 5.75 Å². The summed E-state index contributed by atoms with van der Waals surface area (Å²) in [5.41, 5.74) is 2.63. The first-order valence-electron chi connectivity index (χ1n) is 9.36. The number of hydrogen-bond donors (Lipinski definition) is 2. The van der Waals surface area contributed by atoms with E-state index in [0.717, 1.165) is 37.8 Å². The molecule has 0 spiro atoms. The summed E-state index contributed by atoms with van der Waals surface area (Å²) in [6.07, 6.45) is 1.28. The minimum absolute atomic E-state index is 0.00331. The van der Waals surface area contributed by atoms with Gasteiger partial charge in [0.05, 0.1) is 0 Å². The highest BCUT2D eigenvalue weighted by Gasteiger charge is 2.22. The smallest absolute Gasteiger partial charge is 0.119 e. The quantitative estimate of drug-likeness (QED) is 0.722. The highest BCUT2D eigenvalue weighted by molar-refractivity contribution is 5.39. The minimum Gasteiger partial charge on any atom is -0.492 e. The molecule has 1 aliphatic heterocycles. The Morgan fingerprint density at radius 1 is 1.04 bits per heavy atom. The van der Waals surface area contributed by atoms with Crippen molar-refractivity contribution < 1.29 is 4.74 Å². The molecule has 2 aromatic carbocycles. The van der Waals surface area contributed by atoms with Gasteiger partial charge < -0.3 is 15.4 Å². The molecule has 0 bridgehead atoms. The first-order chi connectivity index (χ1) is 12.2. The Hall–Kier alpha value is -1.84. The van der Waals surface area contributed by atoms with Crippen molar-refractivity contribution in [3.05, 3.63) is 65.7 Å². The first kappa shape index (κ1) is 18.0. The zero-order chi connectivity index (χ0) is 17.5. The van der Waals surface area contributed by atoms with Crippen molar-refractivity contribution >= 4 is 0 Å². The van der Waals surface area contributed by atoms with Gasteiger partial charge in [0, 0.05) is 12.0 Å². The van der Waals surface area contributed by atoms with E-state index in [1.54, 1.807) is 0 Å². The molecular formula is C22H30N2O. The van der Waals surface area contributed by atoms with Crippen LogP contribution in [0.4, 0.5) is 0 Å². The summed E-state index contributed by atoms with van der Waals surface area (Å²) < 4.78 is 5.87. The van der Waals surface area contributed by atoms with Crippen LogP contribution in [0.15, 0.2) is 54.6 Å². The molecule has 0 saturated carbocycles. The molecule has 1 heterocycles. The highest BCUT2D eigenvalue weighted by Crippen LogP contribution is 2.32. The monoisotopic (exact) mass is 338 g/mol. The van der Waals surface area contributed by atoms with Gasteiger partial charge in [-0.3, -0.25) is 0 Å². The van der Waals surface area contributed by atoms with Crippen molar-refractivity contribution in [1.29, 1.82) is 0 Å². The summed E-state index contributed by atoms with van der Waals surface area (Å²) in [5, 5.41) is 6.89.